The lowest BCUT2D eigenvalue weighted by Gasteiger charge is -2.13. The summed E-state index contributed by atoms with van der Waals surface area (Å²) < 4.78 is 1.22. The van der Waals surface area contributed by atoms with Gasteiger partial charge in [-0.3, -0.25) is 14.2 Å². The van der Waals surface area contributed by atoms with E-state index in [1.807, 2.05) is 6.26 Å². The third-order valence-corrected chi connectivity index (χ3v) is 4.54. The van der Waals surface area contributed by atoms with Gasteiger partial charge in [-0.05, 0) is 32.4 Å². The molecule has 1 aromatic heterocycles. The van der Waals surface area contributed by atoms with Crippen molar-refractivity contribution >= 4 is 17.5 Å². The standard InChI is InChI=1S/C12H16N2O3S/c1-7(15)10-6-13-12(17)14(11(10)16)8-3-4-9(5-8)18-2/h6,8-9H,3-5H2,1-2H3,(H,13,17). The minimum Gasteiger partial charge on any atom is -0.313 e. The number of aromatic nitrogens is 2. The number of rotatable bonds is 3. The Morgan fingerprint density at radius 2 is 2.17 bits per heavy atom. The van der Waals surface area contributed by atoms with Crippen LogP contribution in [-0.2, 0) is 0 Å². The predicted octanol–water partition coefficient (Wildman–Crippen LogP) is 1.20. The Kier molecular flexibility index (Phi) is 3.75. The van der Waals surface area contributed by atoms with Crippen LogP contribution in [0, 0.1) is 0 Å². The molecule has 0 saturated heterocycles. The van der Waals surface area contributed by atoms with E-state index >= 15 is 0 Å². The number of aromatic amines is 1. The third kappa shape index (κ3) is 2.29. The Labute approximate surface area is 109 Å². The van der Waals surface area contributed by atoms with Crippen molar-refractivity contribution in [1.29, 1.82) is 0 Å². The van der Waals surface area contributed by atoms with Crippen molar-refractivity contribution in [3.63, 3.8) is 0 Å². The summed E-state index contributed by atoms with van der Waals surface area (Å²) >= 11 is 1.76. The van der Waals surface area contributed by atoms with E-state index in [4.69, 9.17) is 0 Å². The number of nitrogens with one attached hydrogen (secondary N) is 1. The highest BCUT2D eigenvalue weighted by Crippen LogP contribution is 2.34. The van der Waals surface area contributed by atoms with Gasteiger partial charge in [0.2, 0.25) is 0 Å². The fourth-order valence-electron chi connectivity index (χ4n) is 2.44. The molecule has 0 aliphatic heterocycles. The molecule has 1 saturated carbocycles. The minimum absolute atomic E-state index is 0.0576. The van der Waals surface area contributed by atoms with E-state index in [9.17, 15) is 14.4 Å². The molecule has 0 amide bonds. The molecule has 2 unspecified atom stereocenters. The molecular weight excluding hydrogens is 252 g/mol. The quantitative estimate of drug-likeness (QED) is 0.836. The molecule has 18 heavy (non-hydrogen) atoms. The Hall–Kier alpha value is -1.30. The van der Waals surface area contributed by atoms with Crippen molar-refractivity contribution in [2.75, 3.05) is 6.26 Å². The second kappa shape index (κ2) is 5.14. The first kappa shape index (κ1) is 13.1. The normalized spacial score (nSPS) is 23.2. The van der Waals surface area contributed by atoms with Gasteiger partial charge in [-0.1, -0.05) is 0 Å². The minimum atomic E-state index is -0.460. The first-order valence-corrected chi connectivity index (χ1v) is 7.21. The summed E-state index contributed by atoms with van der Waals surface area (Å²) in [6.07, 6.45) is 5.87. The first-order valence-electron chi connectivity index (χ1n) is 5.92. The summed E-state index contributed by atoms with van der Waals surface area (Å²) in [5, 5.41) is 0.488. The van der Waals surface area contributed by atoms with E-state index in [1.165, 1.54) is 17.7 Å². The van der Waals surface area contributed by atoms with Gasteiger partial charge in [-0.15, -0.1) is 0 Å². The van der Waals surface area contributed by atoms with Crippen LogP contribution >= 0.6 is 11.8 Å². The van der Waals surface area contributed by atoms with E-state index in [0.717, 1.165) is 19.3 Å². The number of carbonyl (C=O) groups excluding carboxylic acids is 1. The number of H-pyrrole nitrogens is 1. The SMILES string of the molecule is CSC1CCC(n2c(=O)[nH]cc(C(C)=O)c2=O)C1. The highest BCUT2D eigenvalue weighted by atomic mass is 32.2. The van der Waals surface area contributed by atoms with E-state index in [-0.39, 0.29) is 17.4 Å². The van der Waals surface area contributed by atoms with E-state index in [0.29, 0.717) is 5.25 Å². The van der Waals surface area contributed by atoms with Gasteiger partial charge in [-0.25, -0.2) is 4.79 Å². The van der Waals surface area contributed by atoms with Crippen LogP contribution < -0.4 is 11.2 Å². The number of hydrogen-bond acceptors (Lipinski definition) is 4. The Morgan fingerprint density at radius 3 is 2.72 bits per heavy atom. The summed E-state index contributed by atoms with van der Waals surface area (Å²) in [7, 11) is 0. The molecule has 1 heterocycles. The lowest BCUT2D eigenvalue weighted by atomic mass is 10.2. The van der Waals surface area contributed by atoms with E-state index in [1.54, 1.807) is 11.8 Å². The Balaban J connectivity index is 2.45. The lowest BCUT2D eigenvalue weighted by Crippen LogP contribution is -2.39. The maximum absolute atomic E-state index is 12.1. The molecular formula is C12H16N2O3S. The van der Waals surface area contributed by atoms with Gasteiger partial charge >= 0.3 is 5.69 Å². The Bertz CT molecular complexity index is 575. The van der Waals surface area contributed by atoms with Crippen LogP contribution in [0.2, 0.25) is 0 Å². The number of ketones is 1. The van der Waals surface area contributed by atoms with Crippen LogP contribution in [0.15, 0.2) is 15.8 Å². The summed E-state index contributed by atoms with van der Waals surface area (Å²) in [6, 6.07) is -0.0852. The van der Waals surface area contributed by atoms with Gasteiger partial charge in [-0.2, -0.15) is 11.8 Å². The molecule has 2 atom stereocenters. The number of Topliss-reactive ketones (excluding diaryl/α,β-unsaturated/α-hetero) is 1. The topological polar surface area (TPSA) is 71.9 Å². The van der Waals surface area contributed by atoms with Crippen LogP contribution in [-0.4, -0.2) is 26.8 Å². The average molecular weight is 268 g/mol. The van der Waals surface area contributed by atoms with Crippen molar-refractivity contribution in [1.82, 2.24) is 9.55 Å². The second-order valence-corrected chi connectivity index (χ2v) is 5.70. The van der Waals surface area contributed by atoms with Gasteiger partial charge in [0.15, 0.2) is 5.78 Å². The van der Waals surface area contributed by atoms with Crippen LogP contribution in [0.1, 0.15) is 42.6 Å². The van der Waals surface area contributed by atoms with Crippen LogP contribution in [0.25, 0.3) is 0 Å². The molecule has 1 fully saturated rings. The molecule has 0 bridgehead atoms. The molecule has 1 N–H and O–H groups in total. The fourth-order valence-corrected chi connectivity index (χ4v) is 3.22. The number of hydrogen-bond donors (Lipinski definition) is 1. The summed E-state index contributed by atoms with van der Waals surface area (Å²) in [5.74, 6) is -0.315. The van der Waals surface area contributed by atoms with Crippen molar-refractivity contribution in [3.8, 4) is 0 Å². The largest absolute Gasteiger partial charge is 0.328 e. The van der Waals surface area contributed by atoms with Crippen LogP contribution in [0.5, 0.6) is 0 Å². The highest BCUT2D eigenvalue weighted by Gasteiger charge is 2.28. The zero-order valence-electron chi connectivity index (χ0n) is 10.4. The maximum Gasteiger partial charge on any atom is 0.328 e. The molecule has 5 nitrogen and oxygen atoms in total. The predicted molar refractivity (Wildman–Crippen MR) is 71.5 cm³/mol. The zero-order chi connectivity index (χ0) is 13.3. The monoisotopic (exact) mass is 268 g/mol. The molecule has 2 rings (SSSR count). The summed E-state index contributed by atoms with van der Waals surface area (Å²) in [5.41, 5.74) is -0.822. The van der Waals surface area contributed by atoms with Gasteiger partial charge in [0.1, 0.15) is 0 Å². The lowest BCUT2D eigenvalue weighted by molar-refractivity contribution is 0.101. The van der Waals surface area contributed by atoms with Crippen molar-refractivity contribution in [3.05, 3.63) is 32.6 Å². The second-order valence-electron chi connectivity index (χ2n) is 4.56. The first-order chi connectivity index (χ1) is 8.54. The molecule has 6 heteroatoms. The average Bonchev–Trinajstić information content (AvgIpc) is 2.77. The van der Waals surface area contributed by atoms with Crippen LogP contribution in [0.3, 0.4) is 0 Å². The van der Waals surface area contributed by atoms with E-state index < -0.39 is 11.2 Å². The molecule has 1 aliphatic rings. The number of thioether (sulfide) groups is 1. The van der Waals surface area contributed by atoms with Crippen molar-refractivity contribution in [2.24, 2.45) is 0 Å². The maximum atomic E-state index is 12.1. The number of nitrogens with zero attached hydrogens (tertiary/aromatic N) is 1. The van der Waals surface area contributed by atoms with Gasteiger partial charge in [0.05, 0.1) is 5.56 Å². The van der Waals surface area contributed by atoms with E-state index in [2.05, 4.69) is 4.98 Å². The van der Waals surface area contributed by atoms with Gasteiger partial charge < -0.3 is 4.98 Å². The number of carbonyl (C=O) groups is 1. The molecule has 0 radical (unpaired) electrons. The van der Waals surface area contributed by atoms with Crippen LogP contribution in [0.4, 0.5) is 0 Å². The molecule has 1 aromatic rings. The summed E-state index contributed by atoms with van der Waals surface area (Å²) in [4.78, 5) is 37.7. The molecule has 0 spiro atoms. The molecule has 98 valence electrons. The third-order valence-electron chi connectivity index (χ3n) is 3.44. The fraction of sp³-hybridized carbons (Fsp3) is 0.583. The van der Waals surface area contributed by atoms with Gasteiger partial charge in [0.25, 0.3) is 5.56 Å². The highest BCUT2D eigenvalue weighted by molar-refractivity contribution is 7.99. The molecule has 1 aliphatic carbocycles. The zero-order valence-corrected chi connectivity index (χ0v) is 11.3. The van der Waals surface area contributed by atoms with Crippen molar-refractivity contribution < 1.29 is 4.79 Å². The Morgan fingerprint density at radius 1 is 1.44 bits per heavy atom. The molecule has 0 aromatic carbocycles. The van der Waals surface area contributed by atoms with Gasteiger partial charge in [0, 0.05) is 17.5 Å². The smallest absolute Gasteiger partial charge is 0.313 e. The summed E-state index contributed by atoms with van der Waals surface area (Å²) in [6.45, 7) is 1.33. The van der Waals surface area contributed by atoms with Crippen molar-refractivity contribution in [2.45, 2.75) is 37.5 Å².